The number of fused-ring (bicyclic) bond motifs is 1. The summed E-state index contributed by atoms with van der Waals surface area (Å²) in [5.41, 5.74) is 6.35. The Morgan fingerprint density at radius 3 is 3.07 bits per heavy atom. The third-order valence-corrected chi connectivity index (χ3v) is 2.81. The van der Waals surface area contributed by atoms with Crippen molar-refractivity contribution in [1.29, 1.82) is 0 Å². The first kappa shape index (κ1) is 8.30. The quantitative estimate of drug-likeness (QED) is 0.654. The second-order valence-corrected chi connectivity index (χ2v) is 3.87. The second kappa shape index (κ2) is 2.99. The lowest BCUT2D eigenvalue weighted by Gasteiger charge is -1.94. The number of nitrogens with two attached hydrogens (primary N) is 1. The zero-order valence-corrected chi connectivity index (χ0v) is 8.35. The minimum absolute atomic E-state index is 0.485. The van der Waals surface area contributed by atoms with Crippen molar-refractivity contribution in [3.63, 3.8) is 0 Å². The number of rotatable bonds is 1. The average molecular weight is 218 g/mol. The molecule has 3 heterocycles. The summed E-state index contributed by atoms with van der Waals surface area (Å²) in [4.78, 5) is 4.93. The predicted octanol–water partition coefficient (Wildman–Crippen LogP) is 0.830. The Kier molecular flexibility index (Phi) is 1.65. The molecular weight excluding hydrogens is 212 g/mol. The molecule has 7 heteroatoms. The highest BCUT2D eigenvalue weighted by molar-refractivity contribution is 7.19. The monoisotopic (exact) mass is 218 g/mol. The molecule has 0 saturated carbocycles. The van der Waals surface area contributed by atoms with Crippen molar-refractivity contribution in [2.45, 2.75) is 0 Å². The highest BCUT2D eigenvalue weighted by atomic mass is 32.1. The second-order valence-electron chi connectivity index (χ2n) is 2.91. The summed E-state index contributed by atoms with van der Waals surface area (Å²) in [5, 5.41) is 12.7. The van der Waals surface area contributed by atoms with Gasteiger partial charge in [0.1, 0.15) is 17.8 Å². The molecule has 6 nitrogen and oxygen atoms in total. The number of hydrogen-bond acceptors (Lipinski definition) is 6. The SMILES string of the molecule is Nc1cccc(-c2nn3cnnc3s2)n1. The lowest BCUT2D eigenvalue weighted by atomic mass is 10.3. The number of nitrogens with zero attached hydrogens (tertiary/aromatic N) is 5. The van der Waals surface area contributed by atoms with Crippen molar-refractivity contribution >= 4 is 22.1 Å². The third kappa shape index (κ3) is 1.33. The molecule has 3 rings (SSSR count). The minimum atomic E-state index is 0.485. The van der Waals surface area contributed by atoms with Crippen LogP contribution in [0.3, 0.4) is 0 Å². The van der Waals surface area contributed by atoms with E-state index in [0.717, 1.165) is 15.7 Å². The molecule has 0 fully saturated rings. The van der Waals surface area contributed by atoms with Gasteiger partial charge >= 0.3 is 0 Å². The largest absolute Gasteiger partial charge is 0.384 e. The Morgan fingerprint density at radius 1 is 1.33 bits per heavy atom. The molecule has 2 N–H and O–H groups in total. The van der Waals surface area contributed by atoms with Crippen LogP contribution in [-0.4, -0.2) is 24.8 Å². The Balaban J connectivity index is 2.17. The summed E-state index contributed by atoms with van der Waals surface area (Å²) in [7, 11) is 0. The predicted molar refractivity (Wildman–Crippen MR) is 56.3 cm³/mol. The third-order valence-electron chi connectivity index (χ3n) is 1.88. The van der Waals surface area contributed by atoms with Crippen molar-refractivity contribution in [3.8, 4) is 10.7 Å². The smallest absolute Gasteiger partial charge is 0.234 e. The Labute approximate surface area is 88.4 Å². The van der Waals surface area contributed by atoms with Gasteiger partial charge in [-0.1, -0.05) is 17.4 Å². The van der Waals surface area contributed by atoms with Crippen molar-refractivity contribution in [2.24, 2.45) is 0 Å². The average Bonchev–Trinajstić information content (AvgIpc) is 2.76. The fraction of sp³-hybridized carbons (Fsp3) is 0. The van der Waals surface area contributed by atoms with Gasteiger partial charge in [-0.05, 0) is 12.1 Å². The highest BCUT2D eigenvalue weighted by Gasteiger charge is 2.08. The summed E-state index contributed by atoms with van der Waals surface area (Å²) in [6.45, 7) is 0. The van der Waals surface area contributed by atoms with Crippen molar-refractivity contribution in [2.75, 3.05) is 5.73 Å². The molecule has 0 atom stereocenters. The van der Waals surface area contributed by atoms with E-state index in [1.54, 1.807) is 16.9 Å². The maximum absolute atomic E-state index is 5.60. The van der Waals surface area contributed by atoms with Crippen LogP contribution in [0.25, 0.3) is 15.7 Å². The molecule has 0 aliphatic carbocycles. The van der Waals surface area contributed by atoms with Gasteiger partial charge in [-0.3, -0.25) is 0 Å². The lowest BCUT2D eigenvalue weighted by molar-refractivity contribution is 0.956. The van der Waals surface area contributed by atoms with Gasteiger partial charge in [-0.2, -0.15) is 9.61 Å². The Morgan fingerprint density at radius 2 is 2.27 bits per heavy atom. The van der Waals surface area contributed by atoms with E-state index in [1.165, 1.54) is 11.3 Å². The zero-order valence-electron chi connectivity index (χ0n) is 7.53. The number of pyridine rings is 1. The molecule has 0 saturated heterocycles. The number of anilines is 1. The summed E-state index contributed by atoms with van der Waals surface area (Å²) in [5.74, 6) is 0.485. The Bertz CT molecular complexity index is 584. The normalized spacial score (nSPS) is 10.9. The molecule has 0 bridgehead atoms. The van der Waals surface area contributed by atoms with Gasteiger partial charge in [0.2, 0.25) is 4.96 Å². The maximum Gasteiger partial charge on any atom is 0.234 e. The molecule has 15 heavy (non-hydrogen) atoms. The molecule has 0 spiro atoms. The molecule has 3 aromatic rings. The molecule has 0 radical (unpaired) electrons. The van der Waals surface area contributed by atoms with Crippen molar-refractivity contribution in [3.05, 3.63) is 24.5 Å². The fourth-order valence-electron chi connectivity index (χ4n) is 1.23. The van der Waals surface area contributed by atoms with Crippen LogP contribution in [0.1, 0.15) is 0 Å². The van der Waals surface area contributed by atoms with E-state index in [1.807, 2.05) is 12.1 Å². The summed E-state index contributed by atoms with van der Waals surface area (Å²) < 4.78 is 1.62. The summed E-state index contributed by atoms with van der Waals surface area (Å²) in [6, 6.07) is 5.45. The van der Waals surface area contributed by atoms with E-state index >= 15 is 0 Å². The van der Waals surface area contributed by atoms with Gasteiger partial charge in [-0.15, -0.1) is 10.2 Å². The molecule has 0 aromatic carbocycles. The van der Waals surface area contributed by atoms with E-state index in [4.69, 9.17) is 5.73 Å². The van der Waals surface area contributed by atoms with Gasteiger partial charge in [0.15, 0.2) is 5.01 Å². The van der Waals surface area contributed by atoms with Crippen molar-refractivity contribution in [1.82, 2.24) is 24.8 Å². The molecule has 0 amide bonds. The topological polar surface area (TPSA) is 82.0 Å². The van der Waals surface area contributed by atoms with Crippen LogP contribution in [0, 0.1) is 0 Å². The van der Waals surface area contributed by atoms with Gasteiger partial charge in [0, 0.05) is 0 Å². The highest BCUT2D eigenvalue weighted by Crippen LogP contribution is 2.23. The summed E-state index contributed by atoms with van der Waals surface area (Å²) >= 11 is 1.43. The van der Waals surface area contributed by atoms with Crippen LogP contribution in [0.2, 0.25) is 0 Å². The molecular formula is C8H6N6S. The van der Waals surface area contributed by atoms with Crippen LogP contribution >= 0.6 is 11.3 Å². The molecule has 3 aromatic heterocycles. The molecule has 0 aliphatic heterocycles. The zero-order chi connectivity index (χ0) is 10.3. The number of hydrogen-bond donors (Lipinski definition) is 1. The van der Waals surface area contributed by atoms with Crippen LogP contribution in [-0.2, 0) is 0 Å². The number of aromatic nitrogens is 5. The first-order chi connectivity index (χ1) is 7.33. The fourth-order valence-corrected chi connectivity index (χ4v) is 2.02. The standard InChI is InChI=1S/C8H6N6S/c9-6-3-1-2-5(11-6)7-13-14-4-10-12-8(14)15-7/h1-4H,(H2,9,11). The summed E-state index contributed by atoms with van der Waals surface area (Å²) in [6.07, 6.45) is 1.56. The molecule has 0 aliphatic rings. The van der Waals surface area contributed by atoms with Gasteiger partial charge in [-0.25, -0.2) is 4.98 Å². The lowest BCUT2D eigenvalue weighted by Crippen LogP contribution is -1.91. The van der Waals surface area contributed by atoms with Gasteiger partial charge in [0.25, 0.3) is 0 Å². The minimum Gasteiger partial charge on any atom is -0.384 e. The van der Waals surface area contributed by atoms with E-state index in [0.29, 0.717) is 5.82 Å². The van der Waals surface area contributed by atoms with E-state index in [2.05, 4.69) is 20.3 Å². The molecule has 74 valence electrons. The van der Waals surface area contributed by atoms with E-state index in [-0.39, 0.29) is 0 Å². The number of nitrogen functional groups attached to an aromatic ring is 1. The van der Waals surface area contributed by atoms with Gasteiger partial charge in [0.05, 0.1) is 0 Å². The van der Waals surface area contributed by atoms with E-state index < -0.39 is 0 Å². The molecule has 0 unspecified atom stereocenters. The van der Waals surface area contributed by atoms with Crippen LogP contribution in [0.5, 0.6) is 0 Å². The first-order valence-electron chi connectivity index (χ1n) is 4.23. The van der Waals surface area contributed by atoms with Crippen LogP contribution in [0.15, 0.2) is 24.5 Å². The maximum atomic E-state index is 5.60. The van der Waals surface area contributed by atoms with E-state index in [9.17, 15) is 0 Å². The first-order valence-corrected chi connectivity index (χ1v) is 5.04. The van der Waals surface area contributed by atoms with Crippen molar-refractivity contribution < 1.29 is 0 Å². The Hall–Kier alpha value is -2.02. The van der Waals surface area contributed by atoms with Crippen LogP contribution in [0.4, 0.5) is 5.82 Å². The van der Waals surface area contributed by atoms with Crippen LogP contribution < -0.4 is 5.73 Å². The van der Waals surface area contributed by atoms with Gasteiger partial charge < -0.3 is 5.73 Å².